The lowest BCUT2D eigenvalue weighted by Gasteiger charge is -2.24. The Morgan fingerprint density at radius 1 is 1.47 bits per heavy atom. The molecule has 5 nitrogen and oxygen atoms in total. The number of nitrogens with zero attached hydrogens (tertiary/aromatic N) is 3. The molecule has 1 atom stereocenters. The zero-order valence-corrected chi connectivity index (χ0v) is 9.89. The molecule has 3 rings (SSSR count). The van der Waals surface area contributed by atoms with E-state index >= 15 is 0 Å². The molecule has 0 spiro atoms. The fourth-order valence-corrected chi connectivity index (χ4v) is 2.27. The lowest BCUT2D eigenvalue weighted by atomic mass is 10.1. The molecule has 5 heteroatoms. The van der Waals surface area contributed by atoms with Crippen molar-refractivity contribution >= 4 is 11.0 Å². The van der Waals surface area contributed by atoms with Gasteiger partial charge in [0, 0.05) is 13.6 Å². The molecule has 90 valence electrons. The highest BCUT2D eigenvalue weighted by atomic mass is 16.5. The average molecular weight is 232 g/mol. The van der Waals surface area contributed by atoms with Crippen LogP contribution in [0.5, 0.6) is 5.75 Å². The molecule has 0 saturated carbocycles. The number of fused-ring (bicyclic) bond motifs is 1. The van der Waals surface area contributed by atoms with Crippen molar-refractivity contribution in [2.45, 2.75) is 18.9 Å². The van der Waals surface area contributed by atoms with Crippen molar-refractivity contribution in [2.24, 2.45) is 7.05 Å². The highest BCUT2D eigenvalue weighted by Gasteiger charge is 2.16. The number of hydrogen-bond donors (Lipinski definition) is 1. The van der Waals surface area contributed by atoms with Gasteiger partial charge in [0.25, 0.3) is 0 Å². The van der Waals surface area contributed by atoms with Crippen molar-refractivity contribution in [3.63, 3.8) is 0 Å². The minimum Gasteiger partial charge on any atom is -0.487 e. The van der Waals surface area contributed by atoms with Gasteiger partial charge in [-0.05, 0) is 31.5 Å². The van der Waals surface area contributed by atoms with E-state index < -0.39 is 0 Å². The van der Waals surface area contributed by atoms with Gasteiger partial charge in [-0.2, -0.15) is 0 Å². The van der Waals surface area contributed by atoms with Gasteiger partial charge in [0.05, 0.1) is 0 Å². The van der Waals surface area contributed by atoms with Crippen molar-refractivity contribution < 1.29 is 4.74 Å². The van der Waals surface area contributed by atoms with Crippen LogP contribution in [0.1, 0.15) is 12.8 Å². The van der Waals surface area contributed by atoms with Crippen LogP contribution in [-0.2, 0) is 7.05 Å². The Balaban J connectivity index is 1.91. The van der Waals surface area contributed by atoms with Crippen LogP contribution in [0, 0.1) is 0 Å². The second-order valence-electron chi connectivity index (χ2n) is 4.42. The zero-order chi connectivity index (χ0) is 11.7. The summed E-state index contributed by atoms with van der Waals surface area (Å²) >= 11 is 0. The molecular weight excluding hydrogens is 216 g/mol. The number of hydrogen-bond acceptors (Lipinski definition) is 4. The molecule has 0 bridgehead atoms. The predicted molar refractivity (Wildman–Crippen MR) is 65.0 cm³/mol. The normalized spacial score (nSPS) is 20.6. The van der Waals surface area contributed by atoms with Gasteiger partial charge in [-0.3, -0.25) is 0 Å². The number of aromatic nitrogens is 3. The van der Waals surface area contributed by atoms with Crippen LogP contribution in [0.25, 0.3) is 11.0 Å². The molecule has 2 aromatic rings. The number of rotatable bonds is 2. The van der Waals surface area contributed by atoms with Crippen molar-refractivity contribution in [3.8, 4) is 5.75 Å². The molecule has 17 heavy (non-hydrogen) atoms. The van der Waals surface area contributed by atoms with Crippen LogP contribution >= 0.6 is 0 Å². The van der Waals surface area contributed by atoms with Gasteiger partial charge in [0.2, 0.25) is 0 Å². The minimum absolute atomic E-state index is 0.254. The Kier molecular flexibility index (Phi) is 2.68. The van der Waals surface area contributed by atoms with Crippen molar-refractivity contribution in [1.29, 1.82) is 0 Å². The van der Waals surface area contributed by atoms with Crippen LogP contribution in [0.2, 0.25) is 0 Å². The van der Waals surface area contributed by atoms with E-state index in [0.717, 1.165) is 36.3 Å². The van der Waals surface area contributed by atoms with Crippen LogP contribution in [-0.4, -0.2) is 34.2 Å². The van der Waals surface area contributed by atoms with Gasteiger partial charge in [-0.15, -0.1) is 5.10 Å². The Labute approximate surface area is 99.8 Å². The summed E-state index contributed by atoms with van der Waals surface area (Å²) in [4.78, 5) is 0. The number of ether oxygens (including phenoxy) is 1. The van der Waals surface area contributed by atoms with Crippen LogP contribution in [0.3, 0.4) is 0 Å². The Hall–Kier alpha value is -1.62. The van der Waals surface area contributed by atoms with Crippen LogP contribution in [0.15, 0.2) is 18.2 Å². The van der Waals surface area contributed by atoms with Gasteiger partial charge in [-0.25, -0.2) is 4.68 Å². The fourth-order valence-electron chi connectivity index (χ4n) is 2.27. The molecule has 0 amide bonds. The Bertz CT molecular complexity index is 516. The third kappa shape index (κ3) is 1.98. The molecule has 0 radical (unpaired) electrons. The number of benzene rings is 1. The predicted octanol–water partition coefficient (Wildman–Crippen LogP) is 1.10. The first-order chi connectivity index (χ1) is 8.34. The standard InChI is InChI=1S/C12H16N4O/c1-16-12-10(14-15-16)5-2-6-11(12)17-9-4-3-7-13-8-9/h2,5-6,9,13H,3-4,7-8H2,1H3. The van der Waals surface area contributed by atoms with Crippen LogP contribution < -0.4 is 10.1 Å². The van der Waals surface area contributed by atoms with E-state index in [1.807, 2.05) is 25.2 Å². The summed E-state index contributed by atoms with van der Waals surface area (Å²) < 4.78 is 7.81. The molecule has 2 heterocycles. The van der Waals surface area contributed by atoms with Crippen molar-refractivity contribution in [3.05, 3.63) is 18.2 Å². The number of para-hydroxylation sites is 1. The van der Waals surface area contributed by atoms with E-state index in [-0.39, 0.29) is 6.10 Å². The third-order valence-corrected chi connectivity index (χ3v) is 3.13. The van der Waals surface area contributed by atoms with E-state index in [1.54, 1.807) is 4.68 Å². The molecular formula is C12H16N4O. The SMILES string of the molecule is Cn1nnc2cccc(OC3CCCNC3)c21. The largest absolute Gasteiger partial charge is 0.487 e. The quantitative estimate of drug-likeness (QED) is 0.842. The number of aryl methyl sites for hydroxylation is 1. The smallest absolute Gasteiger partial charge is 0.147 e. The first-order valence-corrected chi connectivity index (χ1v) is 6.00. The molecule has 1 aromatic heterocycles. The van der Waals surface area contributed by atoms with E-state index in [1.165, 1.54) is 6.42 Å². The van der Waals surface area contributed by atoms with E-state index in [2.05, 4.69) is 15.6 Å². The maximum atomic E-state index is 6.04. The lowest BCUT2D eigenvalue weighted by molar-refractivity contribution is 0.168. The summed E-state index contributed by atoms with van der Waals surface area (Å²) in [6.45, 7) is 2.01. The topological polar surface area (TPSA) is 52.0 Å². The summed E-state index contributed by atoms with van der Waals surface area (Å²) in [5.74, 6) is 0.878. The molecule has 1 N–H and O–H groups in total. The van der Waals surface area contributed by atoms with Gasteiger partial charge in [0.15, 0.2) is 0 Å². The second kappa shape index (κ2) is 4.33. The Morgan fingerprint density at radius 3 is 3.24 bits per heavy atom. The van der Waals surface area contributed by atoms with Crippen molar-refractivity contribution in [1.82, 2.24) is 20.3 Å². The summed E-state index contributed by atoms with van der Waals surface area (Å²) in [5.41, 5.74) is 1.85. The molecule has 1 aliphatic rings. The van der Waals surface area contributed by atoms with Crippen LogP contribution in [0.4, 0.5) is 0 Å². The number of nitrogens with one attached hydrogen (secondary N) is 1. The van der Waals surface area contributed by atoms with Gasteiger partial charge >= 0.3 is 0 Å². The van der Waals surface area contributed by atoms with E-state index in [4.69, 9.17) is 4.74 Å². The first-order valence-electron chi connectivity index (χ1n) is 6.00. The van der Waals surface area contributed by atoms with E-state index in [0.29, 0.717) is 0 Å². The summed E-state index contributed by atoms with van der Waals surface area (Å²) in [6.07, 6.45) is 2.53. The summed E-state index contributed by atoms with van der Waals surface area (Å²) in [7, 11) is 1.89. The monoisotopic (exact) mass is 232 g/mol. The molecule has 1 aromatic carbocycles. The molecule has 1 aliphatic heterocycles. The second-order valence-corrected chi connectivity index (χ2v) is 4.42. The number of piperidine rings is 1. The Morgan fingerprint density at radius 2 is 2.41 bits per heavy atom. The van der Waals surface area contributed by atoms with Gasteiger partial charge < -0.3 is 10.1 Å². The molecule has 0 aliphatic carbocycles. The van der Waals surface area contributed by atoms with Crippen molar-refractivity contribution in [2.75, 3.05) is 13.1 Å². The minimum atomic E-state index is 0.254. The first kappa shape index (κ1) is 10.5. The maximum Gasteiger partial charge on any atom is 0.147 e. The highest BCUT2D eigenvalue weighted by molar-refractivity contribution is 5.81. The summed E-state index contributed by atoms with van der Waals surface area (Å²) in [5, 5.41) is 11.5. The zero-order valence-electron chi connectivity index (χ0n) is 9.89. The third-order valence-electron chi connectivity index (χ3n) is 3.13. The molecule has 1 unspecified atom stereocenters. The average Bonchev–Trinajstić information content (AvgIpc) is 2.74. The fraction of sp³-hybridized carbons (Fsp3) is 0.500. The van der Waals surface area contributed by atoms with Gasteiger partial charge in [-0.1, -0.05) is 11.3 Å². The highest BCUT2D eigenvalue weighted by Crippen LogP contribution is 2.25. The molecule has 1 saturated heterocycles. The van der Waals surface area contributed by atoms with E-state index in [9.17, 15) is 0 Å². The maximum absolute atomic E-state index is 6.04. The molecule has 1 fully saturated rings. The summed E-state index contributed by atoms with van der Waals surface area (Å²) in [6, 6.07) is 5.90. The van der Waals surface area contributed by atoms with Gasteiger partial charge in [0.1, 0.15) is 22.9 Å². The lowest BCUT2D eigenvalue weighted by Crippen LogP contribution is -2.37.